The molecule has 1 N–H and O–H groups in total. The van der Waals surface area contributed by atoms with E-state index in [9.17, 15) is 5.11 Å². The molecule has 0 unspecified atom stereocenters. The summed E-state index contributed by atoms with van der Waals surface area (Å²) in [5.41, 5.74) is 4.99. The minimum atomic E-state index is -1.67. The van der Waals surface area contributed by atoms with Gasteiger partial charge < -0.3 is 14.0 Å². The van der Waals surface area contributed by atoms with Crippen LogP contribution in [0.1, 0.15) is 161 Å². The molecule has 0 saturated carbocycles. The van der Waals surface area contributed by atoms with Crippen molar-refractivity contribution in [3.05, 3.63) is 55.9 Å². The van der Waals surface area contributed by atoms with Crippen molar-refractivity contribution < 1.29 is 14.0 Å². The molecule has 2 rings (SSSR count). The molecule has 0 spiro atoms. The Morgan fingerprint density at radius 1 is 0.625 bits per heavy atom. The number of aliphatic hydroxyl groups excluding tert-OH is 1. The summed E-state index contributed by atoms with van der Waals surface area (Å²) in [6.45, 7) is 27.6. The molecule has 0 aliphatic carbocycles. The topological polar surface area (TPSA) is 38.7 Å². The predicted octanol–water partition coefficient (Wildman–Crippen LogP) is 14.4. The molecule has 0 amide bonds. The first-order valence-electron chi connectivity index (χ1n) is 19.5. The minimum absolute atomic E-state index is 0.0139. The largest absolute Gasteiger partial charge is 0.411 e. The summed E-state index contributed by atoms with van der Waals surface area (Å²) in [4.78, 5) is 2.03. The summed E-state index contributed by atoms with van der Waals surface area (Å²) < 4.78 is 14.2. The maximum absolute atomic E-state index is 11.4. The molecule has 0 aliphatic rings. The summed E-state index contributed by atoms with van der Waals surface area (Å²) in [5.74, 6) is 0. The zero-order valence-electron chi connectivity index (χ0n) is 33.0. The SMILES string of the molecule is CCC(CC)(CC/C=C(/C)c1csc(C(O)c2cc(/C(C)=C\CCC(CC)(CC)O[Si](CC)(CC)CC)cs2)c1)O[Si](CC)(CC)CC. The van der Waals surface area contributed by atoms with Gasteiger partial charge in [0.1, 0.15) is 6.10 Å². The molecule has 3 nitrogen and oxygen atoms in total. The van der Waals surface area contributed by atoms with Crippen LogP contribution in [-0.4, -0.2) is 32.9 Å². The van der Waals surface area contributed by atoms with Crippen LogP contribution in [0.2, 0.25) is 36.3 Å². The summed E-state index contributed by atoms with van der Waals surface area (Å²) >= 11 is 3.33. The van der Waals surface area contributed by atoms with Crippen molar-refractivity contribution >= 4 is 50.5 Å². The van der Waals surface area contributed by atoms with Crippen LogP contribution in [0.3, 0.4) is 0 Å². The number of thiophene rings is 2. The Morgan fingerprint density at radius 3 is 1.21 bits per heavy atom. The van der Waals surface area contributed by atoms with E-state index < -0.39 is 22.7 Å². The molecule has 0 radical (unpaired) electrons. The molecule has 0 bridgehead atoms. The van der Waals surface area contributed by atoms with Gasteiger partial charge in [0, 0.05) is 9.75 Å². The van der Waals surface area contributed by atoms with E-state index in [-0.39, 0.29) is 11.2 Å². The summed E-state index contributed by atoms with van der Waals surface area (Å²) in [6.07, 6.45) is 12.7. The lowest BCUT2D eigenvalue weighted by molar-refractivity contribution is 0.0394. The Kier molecular flexibility index (Phi) is 18.3. The highest BCUT2D eigenvalue weighted by Gasteiger charge is 2.39. The first-order valence-corrected chi connectivity index (χ1v) is 26.3. The third kappa shape index (κ3) is 11.1. The van der Waals surface area contributed by atoms with Crippen LogP contribution >= 0.6 is 22.7 Å². The normalized spacial score (nSPS) is 14.6. The van der Waals surface area contributed by atoms with Crippen molar-refractivity contribution in [1.29, 1.82) is 0 Å². The van der Waals surface area contributed by atoms with Gasteiger partial charge in [0.2, 0.25) is 0 Å². The van der Waals surface area contributed by atoms with E-state index in [1.165, 1.54) is 58.5 Å². The molecule has 48 heavy (non-hydrogen) atoms. The molecule has 0 aromatic carbocycles. The lowest BCUT2D eigenvalue weighted by Gasteiger charge is -2.42. The van der Waals surface area contributed by atoms with E-state index in [1.807, 2.05) is 0 Å². The van der Waals surface area contributed by atoms with Gasteiger partial charge >= 0.3 is 0 Å². The molecule has 0 fully saturated rings. The standard InChI is InChI=1S/C41H72O3S2Si2/c1-13-40(14-2,43-47(17-5,18-6)19-7)27-23-25-33(11)35-29-37(45-31-35)39(42)38-30-36(32-46-38)34(12)26-24-28-41(15-3,16-4)44-48(20-8,21-9)22-10/h25-26,29-32,39,42H,13-24,27-28H2,1-12H3/b33-25-,34-26-. The number of allylic oxidation sites excluding steroid dienone is 4. The third-order valence-electron chi connectivity index (χ3n) is 12.1. The van der Waals surface area contributed by atoms with E-state index in [4.69, 9.17) is 8.85 Å². The molecule has 274 valence electrons. The fourth-order valence-corrected chi connectivity index (χ4v) is 15.8. The Bertz CT molecular complexity index is 1150. The molecular formula is C41H72O3S2Si2. The molecular weight excluding hydrogens is 661 g/mol. The highest BCUT2D eigenvalue weighted by atomic mass is 32.1. The second-order valence-electron chi connectivity index (χ2n) is 14.2. The molecule has 2 aromatic heterocycles. The van der Waals surface area contributed by atoms with Gasteiger partial charge in [0.05, 0.1) is 11.2 Å². The van der Waals surface area contributed by atoms with Gasteiger partial charge in [-0.3, -0.25) is 0 Å². The summed E-state index contributed by atoms with van der Waals surface area (Å²) in [5, 5.41) is 15.8. The predicted molar refractivity (Wildman–Crippen MR) is 222 cm³/mol. The number of aliphatic hydroxyl groups is 1. The number of hydrogen-bond donors (Lipinski definition) is 1. The monoisotopic (exact) mass is 732 g/mol. The number of rotatable bonds is 24. The van der Waals surface area contributed by atoms with E-state index in [0.717, 1.165) is 61.1 Å². The van der Waals surface area contributed by atoms with Gasteiger partial charge in [-0.15, -0.1) is 22.7 Å². The van der Waals surface area contributed by atoms with E-state index in [0.29, 0.717) is 0 Å². The molecule has 0 saturated heterocycles. The maximum atomic E-state index is 11.4. The Hall–Kier alpha value is -0.806. The average molecular weight is 733 g/mol. The smallest absolute Gasteiger partial charge is 0.192 e. The van der Waals surface area contributed by atoms with Gasteiger partial charge in [-0.05, 0) is 147 Å². The van der Waals surface area contributed by atoms with Crippen LogP contribution in [0, 0.1) is 0 Å². The highest BCUT2D eigenvalue weighted by molar-refractivity contribution is 7.11. The Balaban J connectivity index is 2.09. The first-order chi connectivity index (χ1) is 22.9. The minimum Gasteiger partial charge on any atom is -0.411 e. The Labute approximate surface area is 306 Å². The van der Waals surface area contributed by atoms with Gasteiger partial charge in [-0.2, -0.15) is 0 Å². The zero-order chi connectivity index (χ0) is 36.0. The van der Waals surface area contributed by atoms with E-state index in [1.54, 1.807) is 22.7 Å². The van der Waals surface area contributed by atoms with Crippen LogP contribution in [0.25, 0.3) is 11.1 Å². The van der Waals surface area contributed by atoms with Crippen LogP contribution in [0.15, 0.2) is 35.0 Å². The lowest BCUT2D eigenvalue weighted by Crippen LogP contribution is -2.46. The first kappa shape index (κ1) is 43.4. The fourth-order valence-electron chi connectivity index (χ4n) is 7.33. The second kappa shape index (κ2) is 20.3. The van der Waals surface area contributed by atoms with Crippen LogP contribution < -0.4 is 0 Å². The number of hydrogen-bond acceptors (Lipinski definition) is 5. The third-order valence-corrected chi connectivity index (χ3v) is 23.5. The second-order valence-corrected chi connectivity index (χ2v) is 25.5. The average Bonchev–Trinajstić information content (AvgIpc) is 3.83. The van der Waals surface area contributed by atoms with Crippen molar-refractivity contribution in [2.45, 2.75) is 188 Å². The van der Waals surface area contributed by atoms with Gasteiger partial charge in [0.15, 0.2) is 16.6 Å². The quantitative estimate of drug-likeness (QED) is 0.109. The van der Waals surface area contributed by atoms with Crippen molar-refractivity contribution in [3.8, 4) is 0 Å². The van der Waals surface area contributed by atoms with E-state index in [2.05, 4.69) is 118 Å². The van der Waals surface area contributed by atoms with Gasteiger partial charge in [-0.1, -0.05) is 81.4 Å². The molecule has 0 aliphatic heterocycles. The molecule has 2 aromatic rings. The molecule has 2 heterocycles. The van der Waals surface area contributed by atoms with Crippen molar-refractivity contribution in [3.63, 3.8) is 0 Å². The van der Waals surface area contributed by atoms with Crippen LogP contribution in [0.4, 0.5) is 0 Å². The van der Waals surface area contributed by atoms with E-state index >= 15 is 0 Å². The van der Waals surface area contributed by atoms with Gasteiger partial charge in [0.25, 0.3) is 0 Å². The fraction of sp³-hybridized carbons (Fsp3) is 0.707. The van der Waals surface area contributed by atoms with Crippen molar-refractivity contribution in [2.75, 3.05) is 0 Å². The van der Waals surface area contributed by atoms with Crippen molar-refractivity contribution in [2.24, 2.45) is 0 Å². The van der Waals surface area contributed by atoms with Gasteiger partial charge in [-0.25, -0.2) is 0 Å². The maximum Gasteiger partial charge on any atom is 0.192 e. The highest BCUT2D eigenvalue weighted by Crippen LogP contribution is 2.39. The molecule has 0 atom stereocenters. The summed E-state index contributed by atoms with van der Waals surface area (Å²) in [6, 6.07) is 11.6. The zero-order valence-corrected chi connectivity index (χ0v) is 36.7. The van der Waals surface area contributed by atoms with Crippen LogP contribution in [0.5, 0.6) is 0 Å². The Morgan fingerprint density at radius 2 is 0.938 bits per heavy atom. The molecule has 7 heteroatoms. The lowest BCUT2D eigenvalue weighted by atomic mass is 9.91. The summed E-state index contributed by atoms with van der Waals surface area (Å²) in [7, 11) is -3.33. The van der Waals surface area contributed by atoms with Crippen LogP contribution in [-0.2, 0) is 8.85 Å². The van der Waals surface area contributed by atoms with Crippen molar-refractivity contribution in [1.82, 2.24) is 0 Å².